The minimum Gasteiger partial charge on any atom is -0.337 e. The predicted octanol–water partition coefficient (Wildman–Crippen LogP) is 4.40. The SMILES string of the molecule is CC[C@@H](c1nnc(S[C@H](C)C(=O)N2CCc3ccccc3C2)n1Cc1ccccc1)N(C)C. The van der Waals surface area contributed by atoms with Crippen molar-refractivity contribution in [1.82, 2.24) is 24.6 Å². The van der Waals surface area contributed by atoms with Crippen LogP contribution in [-0.4, -0.2) is 56.4 Å². The zero-order valence-corrected chi connectivity index (χ0v) is 20.8. The highest BCUT2D eigenvalue weighted by Crippen LogP contribution is 2.30. The molecule has 33 heavy (non-hydrogen) atoms. The first-order valence-electron chi connectivity index (χ1n) is 11.6. The fraction of sp³-hybridized carbons (Fsp3) is 0.423. The third-order valence-electron chi connectivity index (χ3n) is 6.31. The molecule has 6 nitrogen and oxygen atoms in total. The van der Waals surface area contributed by atoms with Crippen molar-refractivity contribution < 1.29 is 4.79 Å². The van der Waals surface area contributed by atoms with E-state index in [2.05, 4.69) is 83.1 Å². The van der Waals surface area contributed by atoms with E-state index in [1.54, 1.807) is 0 Å². The Labute approximate surface area is 201 Å². The van der Waals surface area contributed by atoms with Crippen LogP contribution in [0.3, 0.4) is 0 Å². The average molecular weight is 464 g/mol. The van der Waals surface area contributed by atoms with E-state index in [9.17, 15) is 4.79 Å². The molecule has 0 N–H and O–H groups in total. The molecule has 0 saturated carbocycles. The molecule has 0 saturated heterocycles. The molecule has 0 bridgehead atoms. The van der Waals surface area contributed by atoms with Gasteiger partial charge in [0, 0.05) is 13.1 Å². The van der Waals surface area contributed by atoms with Gasteiger partial charge in [0.15, 0.2) is 11.0 Å². The molecule has 7 heteroatoms. The van der Waals surface area contributed by atoms with Crippen LogP contribution in [0.25, 0.3) is 0 Å². The second-order valence-electron chi connectivity index (χ2n) is 8.84. The summed E-state index contributed by atoms with van der Waals surface area (Å²) in [5, 5.41) is 9.69. The van der Waals surface area contributed by atoms with Crippen LogP contribution in [-0.2, 0) is 24.3 Å². The van der Waals surface area contributed by atoms with Gasteiger partial charge in [0.2, 0.25) is 5.91 Å². The lowest BCUT2D eigenvalue weighted by Gasteiger charge is -2.30. The van der Waals surface area contributed by atoms with Gasteiger partial charge < -0.3 is 9.47 Å². The monoisotopic (exact) mass is 463 g/mol. The van der Waals surface area contributed by atoms with Crippen molar-refractivity contribution >= 4 is 17.7 Å². The molecule has 0 radical (unpaired) electrons. The van der Waals surface area contributed by atoms with E-state index in [1.807, 2.05) is 24.0 Å². The number of rotatable bonds is 8. The molecule has 0 unspecified atom stereocenters. The first-order valence-corrected chi connectivity index (χ1v) is 12.5. The molecule has 2 heterocycles. The third-order valence-corrected chi connectivity index (χ3v) is 7.38. The Morgan fingerprint density at radius 1 is 1.06 bits per heavy atom. The standard InChI is InChI=1S/C26H33N5OS/c1-5-23(29(3)4)24-27-28-26(31(24)17-20-11-7-6-8-12-20)33-19(2)25(32)30-16-15-21-13-9-10-14-22(21)18-30/h6-14,19,23H,5,15-18H2,1-4H3/t19-,23+/m1/s1. The zero-order valence-electron chi connectivity index (χ0n) is 19.9. The second kappa shape index (κ2) is 10.5. The lowest BCUT2D eigenvalue weighted by molar-refractivity contribution is -0.131. The van der Waals surface area contributed by atoms with Gasteiger partial charge in [0.1, 0.15) is 0 Å². The first-order chi connectivity index (χ1) is 16.0. The van der Waals surface area contributed by atoms with Gasteiger partial charge in [-0.25, -0.2) is 0 Å². The average Bonchev–Trinajstić information content (AvgIpc) is 3.20. The highest BCUT2D eigenvalue weighted by molar-refractivity contribution is 8.00. The number of carbonyl (C=O) groups excluding carboxylic acids is 1. The molecule has 1 aromatic heterocycles. The highest BCUT2D eigenvalue weighted by Gasteiger charge is 2.28. The van der Waals surface area contributed by atoms with Gasteiger partial charge in [0.25, 0.3) is 0 Å². The molecule has 2 aromatic carbocycles. The number of hydrogen-bond acceptors (Lipinski definition) is 5. The number of thioether (sulfide) groups is 1. The summed E-state index contributed by atoms with van der Waals surface area (Å²) in [4.78, 5) is 17.5. The Balaban J connectivity index is 1.55. The maximum atomic E-state index is 13.3. The summed E-state index contributed by atoms with van der Waals surface area (Å²) < 4.78 is 2.18. The van der Waals surface area contributed by atoms with Gasteiger partial charge in [-0.1, -0.05) is 73.3 Å². The van der Waals surface area contributed by atoms with Crippen LogP contribution in [0, 0.1) is 0 Å². The van der Waals surface area contributed by atoms with Crippen LogP contribution in [0.1, 0.15) is 48.8 Å². The molecule has 0 spiro atoms. The van der Waals surface area contributed by atoms with Crippen LogP contribution in [0.5, 0.6) is 0 Å². The number of aromatic nitrogens is 3. The Morgan fingerprint density at radius 3 is 2.45 bits per heavy atom. The summed E-state index contributed by atoms with van der Waals surface area (Å²) in [6, 6.07) is 18.9. The molecule has 4 rings (SSSR count). The van der Waals surface area contributed by atoms with E-state index in [0.717, 1.165) is 30.4 Å². The van der Waals surface area contributed by atoms with Crippen LogP contribution < -0.4 is 0 Å². The number of fused-ring (bicyclic) bond motifs is 1. The third kappa shape index (κ3) is 5.31. The van der Waals surface area contributed by atoms with Crippen molar-refractivity contribution in [2.45, 2.75) is 56.2 Å². The Kier molecular flexibility index (Phi) is 7.50. The molecular formula is C26H33N5OS. The largest absolute Gasteiger partial charge is 0.337 e. The quantitative estimate of drug-likeness (QED) is 0.464. The summed E-state index contributed by atoms with van der Waals surface area (Å²) in [6.07, 6.45) is 1.85. The second-order valence-corrected chi connectivity index (χ2v) is 10.1. The van der Waals surface area contributed by atoms with Crippen LogP contribution >= 0.6 is 11.8 Å². The Morgan fingerprint density at radius 2 is 1.76 bits per heavy atom. The summed E-state index contributed by atoms with van der Waals surface area (Å²) in [6.45, 7) is 6.28. The molecular weight excluding hydrogens is 430 g/mol. The van der Waals surface area contributed by atoms with Gasteiger partial charge in [-0.05, 0) is 50.6 Å². The summed E-state index contributed by atoms with van der Waals surface area (Å²) in [7, 11) is 4.14. The highest BCUT2D eigenvalue weighted by atomic mass is 32.2. The number of carbonyl (C=O) groups is 1. The maximum Gasteiger partial charge on any atom is 0.236 e. The van der Waals surface area contributed by atoms with Gasteiger partial charge in [-0.3, -0.25) is 9.69 Å². The van der Waals surface area contributed by atoms with E-state index in [1.165, 1.54) is 28.5 Å². The molecule has 1 aliphatic heterocycles. The Hall–Kier alpha value is -2.64. The van der Waals surface area contributed by atoms with E-state index < -0.39 is 0 Å². The number of benzene rings is 2. The first kappa shape index (κ1) is 23.5. The van der Waals surface area contributed by atoms with E-state index in [0.29, 0.717) is 13.1 Å². The summed E-state index contributed by atoms with van der Waals surface area (Å²) in [5.41, 5.74) is 3.80. The van der Waals surface area contributed by atoms with Crippen molar-refractivity contribution in [1.29, 1.82) is 0 Å². The van der Waals surface area contributed by atoms with Crippen LogP contribution in [0.2, 0.25) is 0 Å². The number of nitrogens with zero attached hydrogens (tertiary/aromatic N) is 5. The van der Waals surface area contributed by atoms with Crippen molar-refractivity contribution in [2.24, 2.45) is 0 Å². The molecule has 3 aromatic rings. The fourth-order valence-corrected chi connectivity index (χ4v) is 5.42. The minimum absolute atomic E-state index is 0.157. The molecule has 174 valence electrons. The molecule has 1 aliphatic rings. The van der Waals surface area contributed by atoms with Crippen LogP contribution in [0.4, 0.5) is 0 Å². The van der Waals surface area contributed by atoms with E-state index in [-0.39, 0.29) is 17.2 Å². The van der Waals surface area contributed by atoms with Crippen LogP contribution in [0.15, 0.2) is 59.8 Å². The van der Waals surface area contributed by atoms with E-state index in [4.69, 9.17) is 0 Å². The number of hydrogen-bond donors (Lipinski definition) is 0. The maximum absolute atomic E-state index is 13.3. The molecule has 0 aliphatic carbocycles. The van der Waals surface area contributed by atoms with Crippen molar-refractivity contribution in [2.75, 3.05) is 20.6 Å². The van der Waals surface area contributed by atoms with Gasteiger partial charge in [-0.2, -0.15) is 0 Å². The molecule has 1 amide bonds. The fourth-order valence-electron chi connectivity index (χ4n) is 4.48. The van der Waals surface area contributed by atoms with Gasteiger partial charge >= 0.3 is 0 Å². The van der Waals surface area contributed by atoms with Gasteiger partial charge in [-0.15, -0.1) is 10.2 Å². The zero-order chi connectivity index (χ0) is 23.4. The van der Waals surface area contributed by atoms with Crippen molar-refractivity contribution in [3.05, 3.63) is 77.1 Å². The summed E-state index contributed by atoms with van der Waals surface area (Å²) >= 11 is 1.51. The lowest BCUT2D eigenvalue weighted by atomic mass is 10.00. The Bertz CT molecular complexity index is 1080. The minimum atomic E-state index is -0.235. The normalized spacial score (nSPS) is 15.4. The summed E-state index contributed by atoms with van der Waals surface area (Å²) in [5.74, 6) is 1.10. The van der Waals surface area contributed by atoms with Crippen molar-refractivity contribution in [3.8, 4) is 0 Å². The number of amides is 1. The topological polar surface area (TPSA) is 54.3 Å². The lowest BCUT2D eigenvalue weighted by Crippen LogP contribution is -2.40. The molecule has 0 fully saturated rings. The van der Waals surface area contributed by atoms with Crippen molar-refractivity contribution in [3.63, 3.8) is 0 Å². The predicted molar refractivity (Wildman–Crippen MR) is 133 cm³/mol. The smallest absolute Gasteiger partial charge is 0.236 e. The molecule has 2 atom stereocenters. The van der Waals surface area contributed by atoms with E-state index >= 15 is 0 Å². The van der Waals surface area contributed by atoms with Gasteiger partial charge in [0.05, 0.1) is 17.8 Å².